The molecule has 0 atom stereocenters. The lowest BCUT2D eigenvalue weighted by atomic mass is 10.2. The minimum absolute atomic E-state index is 0.0399. The van der Waals surface area contributed by atoms with Crippen LogP contribution in [0.1, 0.15) is 15.9 Å². The van der Waals surface area contributed by atoms with Crippen molar-refractivity contribution in [1.82, 2.24) is 0 Å². The molecule has 4 nitrogen and oxygen atoms in total. The van der Waals surface area contributed by atoms with Crippen molar-refractivity contribution in [2.75, 3.05) is 13.2 Å². The number of ether oxygens (including phenoxy) is 2. The van der Waals surface area contributed by atoms with Crippen LogP contribution in [0.3, 0.4) is 0 Å². The molecule has 2 aromatic carbocycles. The number of aryl methyl sites for hydroxylation is 1. The summed E-state index contributed by atoms with van der Waals surface area (Å²) in [4.78, 5) is 11.1. The Hall–Kier alpha value is -2.20. The summed E-state index contributed by atoms with van der Waals surface area (Å²) in [6.45, 7) is 2.55. The van der Waals surface area contributed by atoms with Gasteiger partial charge < -0.3 is 14.6 Å². The summed E-state index contributed by atoms with van der Waals surface area (Å²) in [7, 11) is 0. The van der Waals surface area contributed by atoms with E-state index in [9.17, 15) is 4.79 Å². The summed E-state index contributed by atoms with van der Waals surface area (Å²) in [6, 6.07) is 12.2. The predicted molar refractivity (Wildman–Crippen MR) is 80.6 cm³/mol. The fourth-order valence-corrected chi connectivity index (χ4v) is 1.98. The molecule has 0 heterocycles. The Bertz CT molecular complexity index is 640. The highest BCUT2D eigenvalue weighted by Crippen LogP contribution is 2.23. The maximum Gasteiger partial charge on any atom is 0.339 e. The van der Waals surface area contributed by atoms with E-state index in [1.807, 2.05) is 31.2 Å². The van der Waals surface area contributed by atoms with Gasteiger partial charge in [-0.05, 0) is 42.8 Å². The van der Waals surface area contributed by atoms with Gasteiger partial charge in [0.25, 0.3) is 0 Å². The van der Waals surface area contributed by atoms with Gasteiger partial charge >= 0.3 is 5.97 Å². The number of halogens is 1. The molecule has 0 aliphatic carbocycles. The zero-order valence-electron chi connectivity index (χ0n) is 11.5. The van der Waals surface area contributed by atoms with Crippen LogP contribution in [-0.4, -0.2) is 24.3 Å². The predicted octanol–water partition coefficient (Wildman–Crippen LogP) is 3.80. The van der Waals surface area contributed by atoms with Crippen LogP contribution >= 0.6 is 11.6 Å². The normalized spacial score (nSPS) is 10.2. The minimum atomic E-state index is -1.08. The number of carboxylic acid groups (broad SMARTS) is 1. The summed E-state index contributed by atoms with van der Waals surface area (Å²) in [6.07, 6.45) is 0. The van der Waals surface area contributed by atoms with Crippen molar-refractivity contribution in [3.63, 3.8) is 0 Å². The fourth-order valence-electron chi connectivity index (χ4n) is 1.81. The average Bonchev–Trinajstić information content (AvgIpc) is 2.44. The van der Waals surface area contributed by atoms with Gasteiger partial charge in [0.05, 0.1) is 0 Å². The maximum atomic E-state index is 11.1. The first-order valence-electron chi connectivity index (χ1n) is 6.41. The van der Waals surface area contributed by atoms with Gasteiger partial charge in [-0.15, -0.1) is 0 Å². The molecule has 0 spiro atoms. The zero-order chi connectivity index (χ0) is 15.2. The molecule has 0 fully saturated rings. The highest BCUT2D eigenvalue weighted by Gasteiger charge is 2.11. The van der Waals surface area contributed by atoms with Gasteiger partial charge in [-0.1, -0.05) is 23.7 Å². The molecule has 2 rings (SSSR count). The summed E-state index contributed by atoms with van der Waals surface area (Å²) in [5.74, 6) is -0.0417. The summed E-state index contributed by atoms with van der Waals surface area (Å²) < 4.78 is 11.0. The van der Waals surface area contributed by atoms with E-state index in [4.69, 9.17) is 26.2 Å². The molecule has 0 saturated heterocycles. The van der Waals surface area contributed by atoms with Crippen molar-refractivity contribution < 1.29 is 19.4 Å². The largest absolute Gasteiger partial charge is 0.490 e. The molecule has 0 radical (unpaired) electrons. The van der Waals surface area contributed by atoms with Crippen LogP contribution in [-0.2, 0) is 0 Å². The Balaban J connectivity index is 1.90. The fraction of sp³-hybridized carbons (Fsp3) is 0.188. The Morgan fingerprint density at radius 3 is 2.62 bits per heavy atom. The molecule has 1 N–H and O–H groups in total. The standard InChI is InChI=1S/C16H15ClO4/c1-11-3-2-4-13(9-11)20-7-8-21-15-6-5-12(17)10-14(15)16(18)19/h2-6,9-10H,7-8H2,1H3,(H,18,19). The number of carboxylic acids is 1. The van der Waals surface area contributed by atoms with Crippen LogP contribution in [0.25, 0.3) is 0 Å². The Morgan fingerprint density at radius 2 is 1.90 bits per heavy atom. The van der Waals surface area contributed by atoms with Crippen LogP contribution < -0.4 is 9.47 Å². The quantitative estimate of drug-likeness (QED) is 0.825. The molecule has 0 aromatic heterocycles. The number of carbonyl (C=O) groups is 1. The number of hydrogen-bond acceptors (Lipinski definition) is 3. The summed E-state index contributed by atoms with van der Waals surface area (Å²) >= 11 is 5.77. The lowest BCUT2D eigenvalue weighted by Gasteiger charge is -2.11. The molecule has 0 saturated carbocycles. The zero-order valence-corrected chi connectivity index (χ0v) is 12.3. The van der Waals surface area contributed by atoms with Gasteiger partial charge in [0.2, 0.25) is 0 Å². The van der Waals surface area contributed by atoms with Crippen LogP contribution in [0, 0.1) is 6.92 Å². The lowest BCUT2D eigenvalue weighted by Crippen LogP contribution is -2.11. The third-order valence-corrected chi connectivity index (χ3v) is 3.01. The first kappa shape index (κ1) is 15.2. The van der Waals surface area contributed by atoms with Gasteiger partial charge in [-0.3, -0.25) is 0 Å². The van der Waals surface area contributed by atoms with E-state index in [0.29, 0.717) is 11.6 Å². The number of hydrogen-bond donors (Lipinski definition) is 1. The third-order valence-electron chi connectivity index (χ3n) is 2.77. The Labute approximate surface area is 127 Å². The molecule has 0 aliphatic heterocycles. The van der Waals surface area contributed by atoms with Crippen LogP contribution in [0.15, 0.2) is 42.5 Å². The minimum Gasteiger partial charge on any atom is -0.490 e. The highest BCUT2D eigenvalue weighted by molar-refractivity contribution is 6.31. The van der Waals surface area contributed by atoms with Crippen molar-refractivity contribution in [2.24, 2.45) is 0 Å². The Morgan fingerprint density at radius 1 is 1.14 bits per heavy atom. The van der Waals surface area contributed by atoms with Gasteiger partial charge in [0, 0.05) is 5.02 Å². The molecule has 5 heteroatoms. The second kappa shape index (κ2) is 6.99. The van der Waals surface area contributed by atoms with E-state index in [-0.39, 0.29) is 17.9 Å². The van der Waals surface area contributed by atoms with Gasteiger partial charge in [-0.2, -0.15) is 0 Å². The van der Waals surface area contributed by atoms with Gasteiger partial charge in [0.15, 0.2) is 0 Å². The van der Waals surface area contributed by atoms with Crippen molar-refractivity contribution in [2.45, 2.75) is 6.92 Å². The second-order valence-electron chi connectivity index (χ2n) is 4.46. The SMILES string of the molecule is Cc1cccc(OCCOc2ccc(Cl)cc2C(=O)O)c1. The van der Waals surface area contributed by atoms with Gasteiger partial charge in [0.1, 0.15) is 30.3 Å². The highest BCUT2D eigenvalue weighted by atomic mass is 35.5. The monoisotopic (exact) mass is 306 g/mol. The molecular weight excluding hydrogens is 292 g/mol. The first-order valence-corrected chi connectivity index (χ1v) is 6.79. The molecule has 110 valence electrons. The van der Waals surface area contributed by atoms with Crippen molar-refractivity contribution in [1.29, 1.82) is 0 Å². The van der Waals surface area contributed by atoms with E-state index >= 15 is 0 Å². The first-order chi connectivity index (χ1) is 10.1. The van der Waals surface area contributed by atoms with E-state index in [0.717, 1.165) is 11.3 Å². The molecule has 0 unspecified atom stereocenters. The number of rotatable bonds is 6. The van der Waals surface area contributed by atoms with E-state index in [1.165, 1.54) is 6.07 Å². The van der Waals surface area contributed by atoms with Crippen LogP contribution in [0.2, 0.25) is 5.02 Å². The maximum absolute atomic E-state index is 11.1. The molecule has 21 heavy (non-hydrogen) atoms. The van der Waals surface area contributed by atoms with Crippen LogP contribution in [0.4, 0.5) is 0 Å². The lowest BCUT2D eigenvalue weighted by molar-refractivity contribution is 0.0691. The summed E-state index contributed by atoms with van der Waals surface area (Å²) in [5.41, 5.74) is 1.15. The molecule has 0 amide bonds. The van der Waals surface area contributed by atoms with E-state index in [1.54, 1.807) is 12.1 Å². The van der Waals surface area contributed by atoms with Crippen molar-refractivity contribution in [3.05, 3.63) is 58.6 Å². The molecule has 2 aromatic rings. The number of benzene rings is 2. The topological polar surface area (TPSA) is 55.8 Å². The van der Waals surface area contributed by atoms with Crippen molar-refractivity contribution in [3.8, 4) is 11.5 Å². The van der Waals surface area contributed by atoms with E-state index < -0.39 is 5.97 Å². The summed E-state index contributed by atoms with van der Waals surface area (Å²) in [5, 5.41) is 9.44. The molecular formula is C16H15ClO4. The number of aromatic carboxylic acids is 1. The second-order valence-corrected chi connectivity index (χ2v) is 4.90. The third kappa shape index (κ3) is 4.39. The van der Waals surface area contributed by atoms with Gasteiger partial charge in [-0.25, -0.2) is 4.79 Å². The molecule has 0 bridgehead atoms. The van der Waals surface area contributed by atoms with Crippen LogP contribution in [0.5, 0.6) is 11.5 Å². The smallest absolute Gasteiger partial charge is 0.339 e. The van der Waals surface area contributed by atoms with E-state index in [2.05, 4.69) is 0 Å². The average molecular weight is 307 g/mol. The Kier molecular flexibility index (Phi) is 5.06. The molecule has 0 aliphatic rings. The van der Waals surface area contributed by atoms with Crippen molar-refractivity contribution >= 4 is 17.6 Å².